The van der Waals surface area contributed by atoms with E-state index in [9.17, 15) is 0 Å². The van der Waals surface area contributed by atoms with E-state index in [0.717, 1.165) is 30.1 Å². The predicted octanol–water partition coefficient (Wildman–Crippen LogP) is 2.61. The highest BCUT2D eigenvalue weighted by Gasteiger charge is 2.10. The molecule has 0 aliphatic rings. The molecule has 0 amide bonds. The van der Waals surface area contributed by atoms with Crippen molar-refractivity contribution < 1.29 is 9.47 Å². The number of rotatable bonds is 8. The van der Waals surface area contributed by atoms with Gasteiger partial charge in [-0.2, -0.15) is 0 Å². The maximum atomic E-state index is 5.80. The lowest BCUT2D eigenvalue weighted by atomic mass is 10.1. The van der Waals surface area contributed by atoms with Crippen molar-refractivity contribution in [2.45, 2.75) is 46.7 Å². The number of aryl methyl sites for hydroxylation is 2. The second-order valence-electron chi connectivity index (χ2n) is 5.09. The van der Waals surface area contributed by atoms with E-state index < -0.39 is 0 Å². The topological polar surface area (TPSA) is 43.4 Å². The van der Waals surface area contributed by atoms with Crippen molar-refractivity contribution in [2.75, 3.05) is 20.3 Å². The Morgan fingerprint density at radius 2 is 2.00 bits per heavy atom. The highest BCUT2D eigenvalue weighted by molar-refractivity contribution is 5.35. The lowest BCUT2D eigenvalue weighted by molar-refractivity contribution is 0.170. The lowest BCUT2D eigenvalue weighted by Gasteiger charge is -2.16. The lowest BCUT2D eigenvalue weighted by Crippen LogP contribution is -2.23. The van der Waals surface area contributed by atoms with Crippen LogP contribution in [-0.2, 0) is 11.3 Å². The van der Waals surface area contributed by atoms with Crippen molar-refractivity contribution in [3.63, 3.8) is 0 Å². The Morgan fingerprint density at radius 1 is 1.26 bits per heavy atom. The van der Waals surface area contributed by atoms with E-state index in [1.54, 1.807) is 7.11 Å². The third-order valence-corrected chi connectivity index (χ3v) is 2.86. The Kier molecular flexibility index (Phi) is 6.81. The maximum absolute atomic E-state index is 5.80. The number of hydrogen-bond donors (Lipinski definition) is 1. The number of ether oxygens (including phenoxy) is 2. The third kappa shape index (κ3) is 5.57. The average molecular weight is 266 g/mol. The minimum absolute atomic E-state index is 0.446. The zero-order valence-electron chi connectivity index (χ0n) is 12.7. The van der Waals surface area contributed by atoms with Gasteiger partial charge in [0.2, 0.25) is 5.88 Å². The monoisotopic (exact) mass is 266 g/mol. The first-order chi connectivity index (χ1) is 9.04. The van der Waals surface area contributed by atoms with Gasteiger partial charge in [0.15, 0.2) is 0 Å². The molecule has 108 valence electrons. The van der Waals surface area contributed by atoms with E-state index in [0.29, 0.717) is 19.3 Å². The van der Waals surface area contributed by atoms with Crippen LogP contribution >= 0.6 is 0 Å². The molecule has 0 unspecified atom stereocenters. The molecule has 0 fully saturated rings. The summed E-state index contributed by atoms with van der Waals surface area (Å²) >= 11 is 0. The van der Waals surface area contributed by atoms with E-state index in [1.807, 2.05) is 6.92 Å². The van der Waals surface area contributed by atoms with Crippen LogP contribution in [0.25, 0.3) is 0 Å². The quantitative estimate of drug-likeness (QED) is 0.735. The van der Waals surface area contributed by atoms with Crippen molar-refractivity contribution in [3.05, 3.63) is 22.9 Å². The van der Waals surface area contributed by atoms with Crippen LogP contribution in [0.5, 0.6) is 5.88 Å². The first-order valence-electron chi connectivity index (χ1n) is 6.86. The fourth-order valence-corrected chi connectivity index (χ4v) is 1.84. The Labute approximate surface area is 116 Å². The molecule has 1 aromatic rings. The molecule has 0 aliphatic carbocycles. The van der Waals surface area contributed by atoms with E-state index in [2.05, 4.69) is 37.1 Å². The van der Waals surface area contributed by atoms with Crippen LogP contribution in [0.3, 0.4) is 0 Å². The summed E-state index contributed by atoms with van der Waals surface area (Å²) in [6.07, 6.45) is 0.877. The number of aromatic nitrogens is 1. The molecule has 0 saturated carbocycles. The summed E-state index contributed by atoms with van der Waals surface area (Å²) in [6, 6.07) is 2.54. The predicted molar refractivity (Wildman–Crippen MR) is 77.7 cm³/mol. The molecule has 0 bridgehead atoms. The normalized spacial score (nSPS) is 11.1. The summed E-state index contributed by atoms with van der Waals surface area (Å²) < 4.78 is 10.8. The van der Waals surface area contributed by atoms with Gasteiger partial charge in [-0.05, 0) is 25.5 Å². The van der Waals surface area contributed by atoms with Crippen LogP contribution in [0, 0.1) is 13.8 Å². The van der Waals surface area contributed by atoms with E-state index in [-0.39, 0.29) is 0 Å². The van der Waals surface area contributed by atoms with Crippen molar-refractivity contribution in [1.82, 2.24) is 10.3 Å². The highest BCUT2D eigenvalue weighted by Crippen LogP contribution is 2.21. The molecular weight excluding hydrogens is 240 g/mol. The fourth-order valence-electron chi connectivity index (χ4n) is 1.84. The number of methoxy groups -OCH3 is 1. The molecule has 0 aliphatic heterocycles. The summed E-state index contributed by atoms with van der Waals surface area (Å²) in [7, 11) is 1.70. The van der Waals surface area contributed by atoms with Gasteiger partial charge in [-0.1, -0.05) is 13.8 Å². The molecule has 0 saturated heterocycles. The SMILES string of the molecule is COCCCOc1nc(C)cc(C)c1CNC(C)C. The van der Waals surface area contributed by atoms with Crippen molar-refractivity contribution in [1.29, 1.82) is 0 Å². The Morgan fingerprint density at radius 3 is 2.63 bits per heavy atom. The number of nitrogens with one attached hydrogen (secondary N) is 1. The van der Waals surface area contributed by atoms with Gasteiger partial charge in [0.05, 0.1) is 6.61 Å². The van der Waals surface area contributed by atoms with Gasteiger partial charge < -0.3 is 14.8 Å². The molecule has 0 atom stereocenters. The van der Waals surface area contributed by atoms with Crippen LogP contribution in [-0.4, -0.2) is 31.3 Å². The molecule has 0 spiro atoms. The van der Waals surface area contributed by atoms with Crippen LogP contribution in [0.15, 0.2) is 6.07 Å². The molecule has 4 nitrogen and oxygen atoms in total. The van der Waals surface area contributed by atoms with Crippen LogP contribution in [0.2, 0.25) is 0 Å². The van der Waals surface area contributed by atoms with Gasteiger partial charge in [-0.25, -0.2) is 4.98 Å². The van der Waals surface area contributed by atoms with Gasteiger partial charge in [-0.15, -0.1) is 0 Å². The third-order valence-electron chi connectivity index (χ3n) is 2.86. The molecule has 1 heterocycles. The molecule has 0 radical (unpaired) electrons. The molecule has 4 heteroatoms. The Bertz CT molecular complexity index is 392. The van der Waals surface area contributed by atoms with Gasteiger partial charge in [0.1, 0.15) is 0 Å². The van der Waals surface area contributed by atoms with Gasteiger partial charge in [-0.3, -0.25) is 0 Å². The largest absolute Gasteiger partial charge is 0.477 e. The van der Waals surface area contributed by atoms with Gasteiger partial charge in [0.25, 0.3) is 0 Å². The van der Waals surface area contributed by atoms with Crippen molar-refractivity contribution in [2.24, 2.45) is 0 Å². The summed E-state index contributed by atoms with van der Waals surface area (Å²) in [5, 5.41) is 3.42. The number of nitrogens with zero attached hydrogens (tertiary/aromatic N) is 1. The molecule has 19 heavy (non-hydrogen) atoms. The van der Waals surface area contributed by atoms with Crippen LogP contribution in [0.4, 0.5) is 0 Å². The molecule has 0 aromatic carbocycles. The average Bonchev–Trinajstić information content (AvgIpc) is 2.33. The Balaban J connectivity index is 2.74. The Hall–Kier alpha value is -1.13. The van der Waals surface area contributed by atoms with E-state index in [4.69, 9.17) is 9.47 Å². The number of pyridine rings is 1. The second-order valence-corrected chi connectivity index (χ2v) is 5.09. The van der Waals surface area contributed by atoms with Crippen molar-refractivity contribution >= 4 is 0 Å². The zero-order valence-corrected chi connectivity index (χ0v) is 12.7. The molecular formula is C15H26N2O2. The smallest absolute Gasteiger partial charge is 0.218 e. The number of hydrogen-bond acceptors (Lipinski definition) is 4. The molecule has 1 N–H and O–H groups in total. The van der Waals surface area contributed by atoms with Gasteiger partial charge in [0, 0.05) is 44.0 Å². The summed E-state index contributed by atoms with van der Waals surface area (Å²) in [5.74, 6) is 0.752. The molecule has 1 aromatic heterocycles. The minimum atomic E-state index is 0.446. The minimum Gasteiger partial charge on any atom is -0.477 e. The highest BCUT2D eigenvalue weighted by atomic mass is 16.5. The summed E-state index contributed by atoms with van der Waals surface area (Å²) in [5.41, 5.74) is 3.37. The van der Waals surface area contributed by atoms with Crippen LogP contribution < -0.4 is 10.1 Å². The van der Waals surface area contributed by atoms with E-state index >= 15 is 0 Å². The summed E-state index contributed by atoms with van der Waals surface area (Å²) in [6.45, 7) is 10.5. The van der Waals surface area contributed by atoms with Crippen LogP contribution in [0.1, 0.15) is 37.1 Å². The fraction of sp³-hybridized carbons (Fsp3) is 0.667. The zero-order chi connectivity index (χ0) is 14.3. The van der Waals surface area contributed by atoms with E-state index in [1.165, 1.54) is 5.56 Å². The maximum Gasteiger partial charge on any atom is 0.218 e. The summed E-state index contributed by atoms with van der Waals surface area (Å²) in [4.78, 5) is 4.51. The first kappa shape index (κ1) is 15.9. The molecule has 1 rings (SSSR count). The standard InChI is InChI=1S/C15H26N2O2/c1-11(2)16-10-14-12(3)9-13(4)17-15(14)19-8-6-7-18-5/h9,11,16H,6-8,10H2,1-5H3. The first-order valence-corrected chi connectivity index (χ1v) is 6.86. The second kappa shape index (κ2) is 8.12. The van der Waals surface area contributed by atoms with Crippen molar-refractivity contribution in [3.8, 4) is 5.88 Å². The van der Waals surface area contributed by atoms with Gasteiger partial charge >= 0.3 is 0 Å².